The minimum Gasteiger partial charge on any atom is -0.337 e. The van der Waals surface area contributed by atoms with Gasteiger partial charge in [0.15, 0.2) is 5.69 Å². The molecule has 0 saturated carbocycles. The lowest BCUT2D eigenvalue weighted by Crippen LogP contribution is -2.39. The smallest absolute Gasteiger partial charge is 0.274 e. The number of nitrogens with one attached hydrogen (secondary N) is 1. The summed E-state index contributed by atoms with van der Waals surface area (Å²) in [7, 11) is 0. The van der Waals surface area contributed by atoms with Gasteiger partial charge in [0, 0.05) is 26.2 Å². The molecule has 1 aromatic heterocycles. The molecule has 2 aliphatic rings. The van der Waals surface area contributed by atoms with E-state index in [0.29, 0.717) is 31.6 Å². The quantitative estimate of drug-likeness (QED) is 0.794. The van der Waals surface area contributed by atoms with Gasteiger partial charge in [-0.15, -0.1) is 0 Å². The molecule has 1 N–H and O–H groups in total. The maximum Gasteiger partial charge on any atom is 0.274 e. The number of fused-ring (bicyclic) bond motifs is 1. The molecule has 0 radical (unpaired) electrons. The van der Waals surface area contributed by atoms with Crippen LogP contribution in [-0.4, -0.2) is 46.4 Å². The number of alkyl halides is 1. The molecule has 3 heterocycles. The van der Waals surface area contributed by atoms with Crippen LogP contribution in [-0.2, 0) is 13.1 Å². The molecule has 1 fully saturated rings. The first-order valence-electron chi connectivity index (χ1n) is 6.45. The van der Waals surface area contributed by atoms with Crippen LogP contribution < -0.4 is 5.32 Å². The van der Waals surface area contributed by atoms with E-state index in [1.807, 2.05) is 10.7 Å². The standard InChI is InChI=1S/C12H17FN4O/c13-9-1-4-16(5-2-9)12(18)11-7-10-8-14-3-6-17(10)15-11/h7,9,14H,1-6,8H2. The molecular weight excluding hydrogens is 235 g/mol. The van der Waals surface area contributed by atoms with Crippen molar-refractivity contribution in [3.05, 3.63) is 17.5 Å². The van der Waals surface area contributed by atoms with Crippen molar-refractivity contribution < 1.29 is 9.18 Å². The van der Waals surface area contributed by atoms with Crippen LogP contribution in [0, 0.1) is 0 Å². The molecule has 1 aromatic rings. The van der Waals surface area contributed by atoms with Gasteiger partial charge in [-0.05, 0) is 18.9 Å². The van der Waals surface area contributed by atoms with Crippen LogP contribution in [0.1, 0.15) is 29.0 Å². The Morgan fingerprint density at radius 1 is 1.39 bits per heavy atom. The number of hydrogen-bond acceptors (Lipinski definition) is 3. The van der Waals surface area contributed by atoms with E-state index in [9.17, 15) is 9.18 Å². The number of piperidine rings is 1. The Kier molecular flexibility index (Phi) is 3.03. The third-order valence-corrected chi connectivity index (χ3v) is 3.60. The first-order valence-corrected chi connectivity index (χ1v) is 6.45. The first-order chi connectivity index (χ1) is 8.74. The topological polar surface area (TPSA) is 50.2 Å². The Labute approximate surface area is 105 Å². The van der Waals surface area contributed by atoms with Crippen molar-refractivity contribution in [1.82, 2.24) is 20.0 Å². The fraction of sp³-hybridized carbons (Fsp3) is 0.667. The third-order valence-electron chi connectivity index (χ3n) is 3.60. The van der Waals surface area contributed by atoms with E-state index < -0.39 is 6.17 Å². The molecular formula is C12H17FN4O. The largest absolute Gasteiger partial charge is 0.337 e. The van der Waals surface area contributed by atoms with Gasteiger partial charge in [0.05, 0.1) is 12.2 Å². The first kappa shape index (κ1) is 11.6. The molecule has 5 nitrogen and oxygen atoms in total. The second kappa shape index (κ2) is 4.68. The van der Waals surface area contributed by atoms with Gasteiger partial charge in [0.2, 0.25) is 0 Å². The lowest BCUT2D eigenvalue weighted by molar-refractivity contribution is 0.0660. The highest BCUT2D eigenvalue weighted by Crippen LogP contribution is 2.16. The lowest BCUT2D eigenvalue weighted by Gasteiger charge is -2.27. The Morgan fingerprint density at radius 3 is 2.89 bits per heavy atom. The van der Waals surface area contributed by atoms with Crippen LogP contribution in [0.5, 0.6) is 0 Å². The number of halogens is 1. The molecule has 6 heteroatoms. The van der Waals surface area contributed by atoms with E-state index in [-0.39, 0.29) is 5.91 Å². The summed E-state index contributed by atoms with van der Waals surface area (Å²) in [6.07, 6.45) is 0.135. The average Bonchev–Trinajstić information content (AvgIpc) is 2.82. The highest BCUT2D eigenvalue weighted by molar-refractivity contribution is 5.92. The predicted octanol–water partition coefficient (Wildman–Crippen LogP) is 0.560. The fourth-order valence-corrected chi connectivity index (χ4v) is 2.51. The van der Waals surface area contributed by atoms with Gasteiger partial charge < -0.3 is 10.2 Å². The average molecular weight is 252 g/mol. The number of nitrogens with zero attached hydrogens (tertiary/aromatic N) is 3. The summed E-state index contributed by atoms with van der Waals surface area (Å²) in [5.41, 5.74) is 1.54. The van der Waals surface area contributed by atoms with E-state index in [1.165, 1.54) is 0 Å². The number of carbonyl (C=O) groups excluding carboxylic acids is 1. The summed E-state index contributed by atoms with van der Waals surface area (Å²) in [4.78, 5) is 13.9. The Balaban J connectivity index is 1.74. The Morgan fingerprint density at radius 2 is 2.17 bits per heavy atom. The second-order valence-electron chi connectivity index (χ2n) is 4.89. The second-order valence-corrected chi connectivity index (χ2v) is 4.89. The highest BCUT2D eigenvalue weighted by Gasteiger charge is 2.25. The minimum absolute atomic E-state index is 0.0659. The van der Waals surface area contributed by atoms with E-state index in [1.54, 1.807) is 4.90 Å². The van der Waals surface area contributed by atoms with Crippen molar-refractivity contribution in [1.29, 1.82) is 0 Å². The molecule has 1 amide bonds. The Bertz CT molecular complexity index is 427. The van der Waals surface area contributed by atoms with Crippen LogP contribution in [0.25, 0.3) is 0 Å². The summed E-state index contributed by atoms with van der Waals surface area (Å²) in [6.45, 7) is 3.44. The summed E-state index contributed by atoms with van der Waals surface area (Å²) in [5.74, 6) is -0.0659. The van der Waals surface area contributed by atoms with Gasteiger partial charge in [0.25, 0.3) is 5.91 Å². The number of likely N-dealkylation sites (tertiary alicyclic amines) is 1. The zero-order valence-corrected chi connectivity index (χ0v) is 10.2. The van der Waals surface area contributed by atoms with Crippen molar-refractivity contribution in [2.75, 3.05) is 19.6 Å². The van der Waals surface area contributed by atoms with Gasteiger partial charge in [-0.2, -0.15) is 5.10 Å². The van der Waals surface area contributed by atoms with Crippen LogP contribution >= 0.6 is 0 Å². The summed E-state index contributed by atoms with van der Waals surface area (Å²) >= 11 is 0. The summed E-state index contributed by atoms with van der Waals surface area (Å²) in [6, 6.07) is 1.84. The predicted molar refractivity (Wildman–Crippen MR) is 64.0 cm³/mol. The number of rotatable bonds is 1. The fourth-order valence-electron chi connectivity index (χ4n) is 2.51. The van der Waals surface area contributed by atoms with Crippen LogP contribution in [0.3, 0.4) is 0 Å². The normalized spacial score (nSPS) is 20.8. The number of carbonyl (C=O) groups is 1. The van der Waals surface area contributed by atoms with Gasteiger partial charge in [-0.3, -0.25) is 9.48 Å². The van der Waals surface area contributed by atoms with E-state index in [2.05, 4.69) is 10.4 Å². The van der Waals surface area contributed by atoms with Gasteiger partial charge >= 0.3 is 0 Å². The number of hydrogen-bond donors (Lipinski definition) is 1. The van der Waals surface area contributed by atoms with Crippen molar-refractivity contribution in [3.8, 4) is 0 Å². The molecule has 0 aromatic carbocycles. The van der Waals surface area contributed by atoms with Crippen molar-refractivity contribution in [3.63, 3.8) is 0 Å². The minimum atomic E-state index is -0.756. The van der Waals surface area contributed by atoms with Crippen molar-refractivity contribution in [2.45, 2.75) is 32.1 Å². The van der Waals surface area contributed by atoms with Gasteiger partial charge in [-0.25, -0.2) is 4.39 Å². The maximum absolute atomic E-state index is 13.0. The zero-order chi connectivity index (χ0) is 12.5. The van der Waals surface area contributed by atoms with E-state index >= 15 is 0 Å². The van der Waals surface area contributed by atoms with Gasteiger partial charge in [0.1, 0.15) is 6.17 Å². The molecule has 0 aliphatic carbocycles. The maximum atomic E-state index is 13.0. The molecule has 0 bridgehead atoms. The van der Waals surface area contributed by atoms with E-state index in [0.717, 1.165) is 25.3 Å². The molecule has 1 saturated heterocycles. The molecule has 0 spiro atoms. The third kappa shape index (κ3) is 2.12. The van der Waals surface area contributed by atoms with Crippen LogP contribution in [0.4, 0.5) is 4.39 Å². The molecule has 0 atom stereocenters. The highest BCUT2D eigenvalue weighted by atomic mass is 19.1. The molecule has 98 valence electrons. The van der Waals surface area contributed by atoms with Crippen molar-refractivity contribution >= 4 is 5.91 Å². The molecule has 18 heavy (non-hydrogen) atoms. The van der Waals surface area contributed by atoms with Gasteiger partial charge in [-0.1, -0.05) is 0 Å². The molecule has 0 unspecified atom stereocenters. The van der Waals surface area contributed by atoms with Crippen LogP contribution in [0.2, 0.25) is 0 Å². The summed E-state index contributed by atoms with van der Waals surface area (Å²) in [5, 5.41) is 7.58. The monoisotopic (exact) mass is 252 g/mol. The lowest BCUT2D eigenvalue weighted by atomic mass is 10.1. The number of amides is 1. The van der Waals surface area contributed by atoms with Crippen molar-refractivity contribution in [2.24, 2.45) is 0 Å². The molecule has 2 aliphatic heterocycles. The molecule has 3 rings (SSSR count). The SMILES string of the molecule is O=C(c1cc2n(n1)CCNC2)N1CCC(F)CC1. The summed E-state index contributed by atoms with van der Waals surface area (Å²) < 4.78 is 14.9. The Hall–Kier alpha value is -1.43. The zero-order valence-electron chi connectivity index (χ0n) is 10.2. The number of aromatic nitrogens is 2. The van der Waals surface area contributed by atoms with E-state index in [4.69, 9.17) is 0 Å². The van der Waals surface area contributed by atoms with Crippen LogP contribution in [0.15, 0.2) is 6.07 Å².